The van der Waals surface area contributed by atoms with Crippen LogP contribution in [0.4, 0.5) is 0 Å². The van der Waals surface area contributed by atoms with Crippen LogP contribution in [0.5, 0.6) is 0 Å². The summed E-state index contributed by atoms with van der Waals surface area (Å²) in [4.78, 5) is 21.4. The highest BCUT2D eigenvalue weighted by Gasteiger charge is 2.44. The minimum atomic E-state index is 0.0359. The molecule has 2 aliphatic heterocycles. The Morgan fingerprint density at radius 2 is 1.93 bits per heavy atom. The number of ether oxygens (including phenoxy) is 1. The lowest BCUT2D eigenvalue weighted by molar-refractivity contribution is -0.115. The molecule has 0 spiro atoms. The molecule has 144 valence electrons. The van der Waals surface area contributed by atoms with Crippen molar-refractivity contribution in [2.45, 2.75) is 44.9 Å². The zero-order valence-electron chi connectivity index (χ0n) is 16.1. The van der Waals surface area contributed by atoms with Gasteiger partial charge in [-0.3, -0.25) is 14.7 Å². The minimum Gasteiger partial charge on any atom is -0.378 e. The molecule has 7 heteroatoms. The van der Waals surface area contributed by atoms with Gasteiger partial charge in [0.25, 0.3) is 5.91 Å². The molecule has 4 rings (SSSR count). The van der Waals surface area contributed by atoms with Crippen LogP contribution in [0.15, 0.2) is 29.0 Å². The van der Waals surface area contributed by atoms with Gasteiger partial charge in [-0.1, -0.05) is 5.16 Å². The quantitative estimate of drug-likeness (QED) is 0.823. The number of carbonyl (C=O) groups is 1. The summed E-state index contributed by atoms with van der Waals surface area (Å²) in [5.41, 5.74) is 2.53. The van der Waals surface area contributed by atoms with E-state index in [9.17, 15) is 4.79 Å². The molecule has 1 amide bonds. The lowest BCUT2D eigenvalue weighted by Crippen LogP contribution is -2.60. The maximum absolute atomic E-state index is 12.8. The van der Waals surface area contributed by atoms with Gasteiger partial charge in [-0.25, -0.2) is 0 Å². The number of likely N-dealkylation sites (tertiary alicyclic amines) is 2. The summed E-state index contributed by atoms with van der Waals surface area (Å²) < 4.78 is 10.8. The Kier molecular flexibility index (Phi) is 4.97. The number of pyridine rings is 1. The largest absolute Gasteiger partial charge is 0.378 e. The first-order valence-electron chi connectivity index (χ1n) is 9.50. The van der Waals surface area contributed by atoms with Gasteiger partial charge in [0, 0.05) is 45.2 Å². The highest BCUT2D eigenvalue weighted by atomic mass is 16.5. The number of aryl methyl sites for hydroxylation is 2. The van der Waals surface area contributed by atoms with Crippen molar-refractivity contribution in [3.63, 3.8) is 0 Å². The third kappa shape index (κ3) is 3.26. The average molecular weight is 370 g/mol. The van der Waals surface area contributed by atoms with Crippen LogP contribution < -0.4 is 0 Å². The van der Waals surface area contributed by atoms with E-state index in [0.717, 1.165) is 32.5 Å². The topological polar surface area (TPSA) is 71.7 Å². The monoisotopic (exact) mass is 370 g/mol. The maximum Gasteiger partial charge on any atom is 0.259 e. The number of aromatic nitrogens is 2. The van der Waals surface area contributed by atoms with Crippen LogP contribution in [0.1, 0.15) is 46.3 Å². The van der Waals surface area contributed by atoms with E-state index in [2.05, 4.69) is 27.2 Å². The molecule has 0 bridgehead atoms. The molecule has 4 heterocycles. The lowest BCUT2D eigenvalue weighted by Gasteiger charge is -2.53. The second kappa shape index (κ2) is 7.40. The van der Waals surface area contributed by atoms with E-state index in [-0.39, 0.29) is 18.1 Å². The Hall–Kier alpha value is -2.25. The third-order valence-electron chi connectivity index (χ3n) is 5.92. The molecule has 27 heavy (non-hydrogen) atoms. The van der Waals surface area contributed by atoms with Gasteiger partial charge in [0.05, 0.1) is 17.8 Å². The average Bonchev–Trinajstić information content (AvgIpc) is 3.00. The highest BCUT2D eigenvalue weighted by Crippen LogP contribution is 2.39. The van der Waals surface area contributed by atoms with Gasteiger partial charge in [0.1, 0.15) is 11.3 Å². The van der Waals surface area contributed by atoms with Gasteiger partial charge in [-0.2, -0.15) is 0 Å². The number of methoxy groups -OCH3 is 1. The van der Waals surface area contributed by atoms with Crippen molar-refractivity contribution in [3.05, 3.63) is 47.1 Å². The Morgan fingerprint density at radius 3 is 2.52 bits per heavy atom. The van der Waals surface area contributed by atoms with Crippen LogP contribution in [0.25, 0.3) is 0 Å². The first-order chi connectivity index (χ1) is 13.1. The molecular weight excluding hydrogens is 344 g/mol. The molecule has 0 aliphatic carbocycles. The molecule has 2 saturated heterocycles. The summed E-state index contributed by atoms with van der Waals surface area (Å²) in [6, 6.07) is 4.87. The standard InChI is InChI=1S/C20H26N4O3/c1-13-18(14(2)27-22-13)20(25)23-10-6-16(7-11-23)24-12-17(26-3)19(24)15-4-8-21-9-5-15/h4-5,8-9,16-17,19H,6-7,10-12H2,1-3H3/t17-,19-/m0/s1. The molecule has 0 aromatic carbocycles. The molecule has 2 aliphatic rings. The summed E-state index contributed by atoms with van der Waals surface area (Å²) in [5, 5.41) is 3.91. The Labute approximate surface area is 159 Å². The Bertz CT molecular complexity index is 779. The minimum absolute atomic E-state index is 0.0359. The SMILES string of the molecule is CO[C@H]1CN(C2CCN(C(=O)c3c(C)noc3C)CC2)[C@H]1c1ccncc1. The van der Waals surface area contributed by atoms with E-state index in [1.54, 1.807) is 14.0 Å². The molecule has 0 saturated carbocycles. The number of nitrogens with zero attached hydrogens (tertiary/aromatic N) is 4. The van der Waals surface area contributed by atoms with E-state index in [1.807, 2.05) is 24.2 Å². The van der Waals surface area contributed by atoms with Crippen LogP contribution in [-0.2, 0) is 4.74 Å². The van der Waals surface area contributed by atoms with Gasteiger partial charge in [-0.05, 0) is 44.4 Å². The first-order valence-corrected chi connectivity index (χ1v) is 9.50. The fourth-order valence-electron chi connectivity index (χ4n) is 4.39. The number of rotatable bonds is 4. The number of hydrogen-bond donors (Lipinski definition) is 0. The Morgan fingerprint density at radius 1 is 1.22 bits per heavy atom. The molecule has 2 aromatic rings. The summed E-state index contributed by atoms with van der Waals surface area (Å²) in [5.74, 6) is 0.636. The fourth-order valence-corrected chi connectivity index (χ4v) is 4.39. The van der Waals surface area contributed by atoms with Crippen molar-refractivity contribution in [2.75, 3.05) is 26.7 Å². The summed E-state index contributed by atoms with van der Waals surface area (Å²) in [6.45, 7) is 6.06. The third-order valence-corrected chi connectivity index (χ3v) is 5.92. The zero-order valence-corrected chi connectivity index (χ0v) is 16.1. The molecule has 0 N–H and O–H groups in total. The molecule has 0 radical (unpaired) electrons. The predicted molar refractivity (Wildman–Crippen MR) is 99.4 cm³/mol. The molecule has 2 atom stereocenters. The summed E-state index contributed by atoms with van der Waals surface area (Å²) >= 11 is 0. The highest BCUT2D eigenvalue weighted by molar-refractivity contribution is 5.96. The van der Waals surface area contributed by atoms with Crippen LogP contribution in [0, 0.1) is 13.8 Å². The summed E-state index contributed by atoms with van der Waals surface area (Å²) in [7, 11) is 1.78. The summed E-state index contributed by atoms with van der Waals surface area (Å²) in [6.07, 6.45) is 5.82. The second-order valence-electron chi connectivity index (χ2n) is 7.42. The van der Waals surface area contributed by atoms with Crippen molar-refractivity contribution in [2.24, 2.45) is 0 Å². The van der Waals surface area contributed by atoms with Gasteiger partial charge < -0.3 is 14.2 Å². The van der Waals surface area contributed by atoms with Crippen molar-refractivity contribution in [1.82, 2.24) is 19.9 Å². The molecular formula is C20H26N4O3. The number of hydrogen-bond acceptors (Lipinski definition) is 6. The van der Waals surface area contributed by atoms with Crippen molar-refractivity contribution in [1.29, 1.82) is 0 Å². The van der Waals surface area contributed by atoms with Crippen molar-refractivity contribution in [3.8, 4) is 0 Å². The molecule has 0 unspecified atom stereocenters. The first kappa shape index (κ1) is 18.1. The van der Waals surface area contributed by atoms with Gasteiger partial charge >= 0.3 is 0 Å². The van der Waals surface area contributed by atoms with Crippen molar-refractivity contribution < 1.29 is 14.1 Å². The maximum atomic E-state index is 12.8. The normalized spacial score (nSPS) is 24.0. The van der Waals surface area contributed by atoms with Crippen LogP contribution in [-0.4, -0.2) is 64.7 Å². The zero-order chi connectivity index (χ0) is 19.0. The van der Waals surface area contributed by atoms with Gasteiger partial charge in [-0.15, -0.1) is 0 Å². The number of piperidine rings is 1. The number of carbonyl (C=O) groups excluding carboxylic acids is 1. The van der Waals surface area contributed by atoms with Crippen LogP contribution >= 0.6 is 0 Å². The van der Waals surface area contributed by atoms with Gasteiger partial charge in [0.2, 0.25) is 0 Å². The molecule has 2 fully saturated rings. The van der Waals surface area contributed by atoms with E-state index in [4.69, 9.17) is 9.26 Å². The Balaban J connectivity index is 1.41. The van der Waals surface area contributed by atoms with E-state index < -0.39 is 0 Å². The van der Waals surface area contributed by atoms with Crippen LogP contribution in [0.2, 0.25) is 0 Å². The second-order valence-corrected chi connectivity index (χ2v) is 7.42. The van der Waals surface area contributed by atoms with Gasteiger partial charge in [0.15, 0.2) is 0 Å². The fraction of sp³-hybridized carbons (Fsp3) is 0.550. The molecule has 2 aromatic heterocycles. The van der Waals surface area contributed by atoms with Crippen molar-refractivity contribution >= 4 is 5.91 Å². The van der Waals surface area contributed by atoms with E-state index in [1.165, 1.54) is 5.56 Å². The van der Waals surface area contributed by atoms with E-state index >= 15 is 0 Å². The smallest absolute Gasteiger partial charge is 0.259 e. The van der Waals surface area contributed by atoms with E-state index in [0.29, 0.717) is 23.1 Å². The van der Waals surface area contributed by atoms with Crippen LogP contribution in [0.3, 0.4) is 0 Å². The predicted octanol–water partition coefficient (Wildman–Crippen LogP) is 2.36. The number of amides is 1. The lowest BCUT2D eigenvalue weighted by atomic mass is 9.87. The molecule has 7 nitrogen and oxygen atoms in total.